The van der Waals surface area contributed by atoms with Gasteiger partial charge in [-0.2, -0.15) is 0 Å². The van der Waals surface area contributed by atoms with Crippen LogP contribution in [0.3, 0.4) is 0 Å². The summed E-state index contributed by atoms with van der Waals surface area (Å²) in [5.41, 5.74) is 0. The largest absolute Gasteiger partial charge is 0.379 e. The number of nitrogens with one attached hydrogen (secondary N) is 1. The fourth-order valence-corrected chi connectivity index (χ4v) is 1.96. The molecule has 1 saturated heterocycles. The highest BCUT2D eigenvalue weighted by atomic mass is 16.5. The topological polar surface area (TPSA) is 41.1 Å². The highest BCUT2D eigenvalue weighted by Crippen LogP contribution is 2.21. The molecule has 0 aromatic carbocycles. The molecule has 2 rings (SSSR count). The smallest absolute Gasteiger partial charge is 0.202 e. The van der Waals surface area contributed by atoms with Crippen LogP contribution in [-0.4, -0.2) is 36.3 Å². The molecular weight excluding hydrogens is 178 g/mol. The van der Waals surface area contributed by atoms with Crippen molar-refractivity contribution in [3.05, 3.63) is 12.4 Å². The molecule has 2 atom stereocenters. The first-order valence-corrected chi connectivity index (χ1v) is 5.08. The van der Waals surface area contributed by atoms with Crippen LogP contribution in [0.4, 0.5) is 5.95 Å². The molecule has 4 heteroatoms. The van der Waals surface area contributed by atoms with Gasteiger partial charge in [0.2, 0.25) is 5.95 Å². The zero-order chi connectivity index (χ0) is 9.97. The number of anilines is 1. The van der Waals surface area contributed by atoms with E-state index in [1.807, 2.05) is 6.20 Å². The first-order chi connectivity index (χ1) is 6.81. The molecular formula is C10H17N3O. The molecule has 0 radical (unpaired) electrons. The zero-order valence-electron chi connectivity index (χ0n) is 8.73. The number of aromatic nitrogens is 2. The highest BCUT2D eigenvalue weighted by Gasteiger charge is 2.26. The summed E-state index contributed by atoms with van der Waals surface area (Å²) in [5.74, 6) is 1.60. The van der Waals surface area contributed by atoms with Crippen molar-refractivity contribution in [2.24, 2.45) is 5.92 Å². The number of nitrogens with zero attached hydrogens (tertiary/aromatic N) is 2. The lowest BCUT2D eigenvalue weighted by Crippen LogP contribution is -2.44. The van der Waals surface area contributed by atoms with Gasteiger partial charge in [0.05, 0.1) is 6.10 Å². The number of hydrogen-bond acceptors (Lipinski definition) is 3. The van der Waals surface area contributed by atoms with E-state index in [-0.39, 0.29) is 0 Å². The van der Waals surface area contributed by atoms with E-state index in [1.54, 1.807) is 13.3 Å². The van der Waals surface area contributed by atoms with Gasteiger partial charge in [0.15, 0.2) is 0 Å². The number of H-pyrrole nitrogens is 1. The summed E-state index contributed by atoms with van der Waals surface area (Å²) >= 11 is 0. The van der Waals surface area contributed by atoms with Gasteiger partial charge in [-0.3, -0.25) is 0 Å². The summed E-state index contributed by atoms with van der Waals surface area (Å²) in [6, 6.07) is 0. The number of ether oxygens (including phenoxy) is 1. The molecule has 14 heavy (non-hydrogen) atoms. The van der Waals surface area contributed by atoms with Gasteiger partial charge in [-0.1, -0.05) is 6.92 Å². The predicted molar refractivity (Wildman–Crippen MR) is 55.4 cm³/mol. The van der Waals surface area contributed by atoms with E-state index in [0.29, 0.717) is 12.0 Å². The van der Waals surface area contributed by atoms with Crippen molar-refractivity contribution in [1.29, 1.82) is 0 Å². The number of hydrogen-bond donors (Lipinski definition) is 1. The number of rotatable bonds is 2. The summed E-state index contributed by atoms with van der Waals surface area (Å²) in [7, 11) is 1.78. The van der Waals surface area contributed by atoms with Gasteiger partial charge >= 0.3 is 0 Å². The highest BCUT2D eigenvalue weighted by molar-refractivity contribution is 5.30. The second-order valence-electron chi connectivity index (χ2n) is 3.90. The molecule has 1 aliphatic rings. The number of aromatic amines is 1. The predicted octanol–water partition coefficient (Wildman–Crippen LogP) is 1.27. The van der Waals surface area contributed by atoms with Gasteiger partial charge in [-0.15, -0.1) is 0 Å². The standard InChI is InChI=1S/C10H17N3O/c1-8-3-6-13(7-9(8)14-2)10-11-4-5-12-10/h4-5,8-9H,3,6-7H2,1-2H3,(H,11,12). The Kier molecular flexibility index (Phi) is 2.72. The first-order valence-electron chi connectivity index (χ1n) is 5.08. The minimum absolute atomic E-state index is 0.328. The molecule has 2 unspecified atom stereocenters. The minimum atomic E-state index is 0.328. The monoisotopic (exact) mass is 195 g/mol. The summed E-state index contributed by atoms with van der Waals surface area (Å²) < 4.78 is 5.45. The number of methoxy groups -OCH3 is 1. The van der Waals surface area contributed by atoms with Gasteiger partial charge in [0.25, 0.3) is 0 Å². The second kappa shape index (κ2) is 4.00. The Balaban J connectivity index is 2.03. The third kappa shape index (κ3) is 1.75. The normalized spacial score (nSPS) is 28.0. The van der Waals surface area contributed by atoms with Crippen LogP contribution >= 0.6 is 0 Å². The van der Waals surface area contributed by atoms with Crippen molar-refractivity contribution in [1.82, 2.24) is 9.97 Å². The molecule has 1 fully saturated rings. The number of piperidine rings is 1. The van der Waals surface area contributed by atoms with Crippen LogP contribution in [-0.2, 0) is 4.74 Å². The van der Waals surface area contributed by atoms with Gasteiger partial charge in [-0.25, -0.2) is 4.98 Å². The van der Waals surface area contributed by atoms with E-state index < -0.39 is 0 Å². The lowest BCUT2D eigenvalue weighted by Gasteiger charge is -2.35. The molecule has 4 nitrogen and oxygen atoms in total. The minimum Gasteiger partial charge on any atom is -0.379 e. The maximum atomic E-state index is 5.45. The maximum Gasteiger partial charge on any atom is 0.202 e. The molecule has 0 amide bonds. The summed E-state index contributed by atoms with van der Waals surface area (Å²) in [6.07, 6.45) is 5.14. The fourth-order valence-electron chi connectivity index (χ4n) is 1.96. The second-order valence-corrected chi connectivity index (χ2v) is 3.90. The van der Waals surface area contributed by atoms with Gasteiger partial charge in [-0.05, 0) is 12.3 Å². The Bertz CT molecular complexity index is 273. The van der Waals surface area contributed by atoms with Gasteiger partial charge in [0, 0.05) is 32.6 Å². The molecule has 2 heterocycles. The van der Waals surface area contributed by atoms with Crippen LogP contribution in [0.2, 0.25) is 0 Å². The van der Waals surface area contributed by atoms with E-state index >= 15 is 0 Å². The Labute approximate surface area is 84.3 Å². The van der Waals surface area contributed by atoms with E-state index in [4.69, 9.17) is 4.74 Å². The van der Waals surface area contributed by atoms with Crippen molar-refractivity contribution in [2.75, 3.05) is 25.1 Å². The van der Waals surface area contributed by atoms with Gasteiger partial charge < -0.3 is 14.6 Å². The molecule has 1 aromatic heterocycles. The lowest BCUT2D eigenvalue weighted by atomic mass is 9.96. The molecule has 0 aliphatic carbocycles. The molecule has 0 saturated carbocycles. The van der Waals surface area contributed by atoms with E-state index in [0.717, 1.165) is 19.0 Å². The average molecular weight is 195 g/mol. The molecule has 1 aliphatic heterocycles. The van der Waals surface area contributed by atoms with Crippen LogP contribution in [0, 0.1) is 5.92 Å². The Morgan fingerprint density at radius 1 is 1.64 bits per heavy atom. The van der Waals surface area contributed by atoms with E-state index in [1.165, 1.54) is 6.42 Å². The van der Waals surface area contributed by atoms with Crippen molar-refractivity contribution < 1.29 is 4.74 Å². The van der Waals surface area contributed by atoms with Crippen LogP contribution < -0.4 is 4.90 Å². The van der Waals surface area contributed by atoms with E-state index in [2.05, 4.69) is 21.8 Å². The quantitative estimate of drug-likeness (QED) is 0.772. The van der Waals surface area contributed by atoms with Gasteiger partial charge in [0.1, 0.15) is 0 Å². The average Bonchev–Trinajstić information content (AvgIpc) is 2.71. The van der Waals surface area contributed by atoms with E-state index in [9.17, 15) is 0 Å². The van der Waals surface area contributed by atoms with Crippen LogP contribution in [0.15, 0.2) is 12.4 Å². The lowest BCUT2D eigenvalue weighted by molar-refractivity contribution is 0.0495. The van der Waals surface area contributed by atoms with Crippen LogP contribution in [0.25, 0.3) is 0 Å². The molecule has 1 N–H and O–H groups in total. The molecule has 1 aromatic rings. The van der Waals surface area contributed by atoms with Crippen molar-refractivity contribution in [3.63, 3.8) is 0 Å². The zero-order valence-corrected chi connectivity index (χ0v) is 8.73. The third-order valence-corrected chi connectivity index (χ3v) is 2.98. The third-order valence-electron chi connectivity index (χ3n) is 2.98. The van der Waals surface area contributed by atoms with Crippen molar-refractivity contribution in [2.45, 2.75) is 19.4 Å². The Morgan fingerprint density at radius 2 is 2.50 bits per heavy atom. The number of imidazole rings is 1. The Morgan fingerprint density at radius 3 is 3.14 bits per heavy atom. The SMILES string of the molecule is COC1CN(c2ncc[nH]2)CCC1C. The van der Waals surface area contributed by atoms with Crippen LogP contribution in [0.1, 0.15) is 13.3 Å². The summed E-state index contributed by atoms with van der Waals surface area (Å²) in [5, 5.41) is 0. The van der Waals surface area contributed by atoms with Crippen LogP contribution in [0.5, 0.6) is 0 Å². The molecule has 0 spiro atoms. The maximum absolute atomic E-state index is 5.45. The fraction of sp³-hybridized carbons (Fsp3) is 0.700. The van der Waals surface area contributed by atoms with Crippen molar-refractivity contribution >= 4 is 5.95 Å². The Hall–Kier alpha value is -1.03. The molecule has 78 valence electrons. The molecule has 0 bridgehead atoms. The summed E-state index contributed by atoms with van der Waals surface area (Å²) in [6.45, 7) is 4.24. The first kappa shape index (κ1) is 9.52. The summed E-state index contributed by atoms with van der Waals surface area (Å²) in [4.78, 5) is 9.62. The van der Waals surface area contributed by atoms with Crippen molar-refractivity contribution in [3.8, 4) is 0 Å².